The summed E-state index contributed by atoms with van der Waals surface area (Å²) < 4.78 is 5.21. The summed E-state index contributed by atoms with van der Waals surface area (Å²) in [5.74, 6) is 0.391. The molecule has 1 heterocycles. The van der Waals surface area contributed by atoms with Crippen molar-refractivity contribution in [2.75, 3.05) is 12.4 Å². The third-order valence-electron chi connectivity index (χ3n) is 3.39. The van der Waals surface area contributed by atoms with Gasteiger partial charge in [-0.05, 0) is 30.3 Å². The van der Waals surface area contributed by atoms with Crippen molar-refractivity contribution in [3.05, 3.63) is 72.4 Å². The minimum atomic E-state index is -0.232. The molecule has 114 valence electrons. The first-order valence-electron chi connectivity index (χ1n) is 7.24. The number of hydrogen-bond donors (Lipinski definition) is 1. The van der Waals surface area contributed by atoms with Gasteiger partial charge < -0.3 is 10.1 Å². The molecule has 23 heavy (non-hydrogen) atoms. The van der Waals surface area contributed by atoms with E-state index in [2.05, 4.69) is 10.3 Å². The van der Waals surface area contributed by atoms with Gasteiger partial charge in [0.2, 0.25) is 5.91 Å². The summed E-state index contributed by atoms with van der Waals surface area (Å²) in [6.45, 7) is 0. The maximum atomic E-state index is 12.0. The first kappa shape index (κ1) is 14.8. The second-order valence-electron chi connectivity index (χ2n) is 4.95. The molecule has 0 aliphatic rings. The van der Waals surface area contributed by atoms with E-state index < -0.39 is 0 Å². The van der Waals surface area contributed by atoms with Crippen LogP contribution in [0.2, 0.25) is 0 Å². The smallest absolute Gasteiger partial charge is 0.248 e. The fourth-order valence-corrected chi connectivity index (χ4v) is 2.26. The number of amides is 1. The third kappa shape index (κ3) is 3.55. The molecule has 3 rings (SSSR count). The normalized spacial score (nSPS) is 10.8. The minimum Gasteiger partial charge on any atom is -0.495 e. The number of nitrogens with one attached hydrogen (secondary N) is 1. The van der Waals surface area contributed by atoms with Gasteiger partial charge in [0.15, 0.2) is 0 Å². The van der Waals surface area contributed by atoms with Crippen LogP contribution in [-0.2, 0) is 4.79 Å². The summed E-state index contributed by atoms with van der Waals surface area (Å²) in [4.78, 5) is 16.5. The Labute approximate surface area is 134 Å². The van der Waals surface area contributed by atoms with Crippen LogP contribution in [-0.4, -0.2) is 18.0 Å². The standard InChI is InChI=1S/C19H16N2O2/c1-23-18-9-5-4-8-17(18)21-19(22)13-12-15-11-10-14-6-2-3-7-16(14)20-15/h2-13H,1H3,(H,21,22). The van der Waals surface area contributed by atoms with Gasteiger partial charge in [0.25, 0.3) is 0 Å². The third-order valence-corrected chi connectivity index (χ3v) is 3.39. The Morgan fingerprint density at radius 2 is 1.83 bits per heavy atom. The Bertz CT molecular complexity index is 872. The molecule has 4 heteroatoms. The molecule has 0 atom stereocenters. The summed E-state index contributed by atoms with van der Waals surface area (Å²) in [5, 5.41) is 3.86. The lowest BCUT2D eigenvalue weighted by Gasteiger charge is -2.07. The molecule has 3 aromatic rings. The van der Waals surface area contributed by atoms with Crippen LogP contribution >= 0.6 is 0 Å². The van der Waals surface area contributed by atoms with E-state index in [1.807, 2.05) is 48.5 Å². The first-order chi connectivity index (χ1) is 11.3. The Balaban J connectivity index is 1.74. The van der Waals surface area contributed by atoms with E-state index in [4.69, 9.17) is 4.74 Å². The highest BCUT2D eigenvalue weighted by Gasteiger charge is 2.04. The molecule has 0 aliphatic carbocycles. The van der Waals surface area contributed by atoms with Crippen LogP contribution in [0.3, 0.4) is 0 Å². The van der Waals surface area contributed by atoms with Gasteiger partial charge in [-0.15, -0.1) is 0 Å². The van der Waals surface area contributed by atoms with Crippen LogP contribution < -0.4 is 10.1 Å². The van der Waals surface area contributed by atoms with Crippen molar-refractivity contribution in [1.29, 1.82) is 0 Å². The number of para-hydroxylation sites is 3. The predicted octanol–water partition coefficient (Wildman–Crippen LogP) is 3.90. The molecular weight excluding hydrogens is 288 g/mol. The molecule has 0 bridgehead atoms. The molecular formula is C19H16N2O2. The lowest BCUT2D eigenvalue weighted by molar-refractivity contribution is -0.111. The lowest BCUT2D eigenvalue weighted by Crippen LogP contribution is -2.08. The summed E-state index contributed by atoms with van der Waals surface area (Å²) in [6.07, 6.45) is 3.15. The second kappa shape index (κ2) is 6.75. The zero-order valence-electron chi connectivity index (χ0n) is 12.7. The molecule has 0 fully saturated rings. The number of rotatable bonds is 4. The summed E-state index contributed by atoms with van der Waals surface area (Å²) >= 11 is 0. The zero-order valence-corrected chi connectivity index (χ0v) is 12.7. The van der Waals surface area contributed by atoms with Crippen molar-refractivity contribution in [3.63, 3.8) is 0 Å². The van der Waals surface area contributed by atoms with Crippen LogP contribution in [0.5, 0.6) is 5.75 Å². The van der Waals surface area contributed by atoms with Gasteiger partial charge in [-0.2, -0.15) is 0 Å². The molecule has 0 unspecified atom stereocenters. The number of methoxy groups -OCH3 is 1. The number of hydrogen-bond acceptors (Lipinski definition) is 3. The molecule has 0 saturated carbocycles. The van der Waals surface area contributed by atoms with Gasteiger partial charge in [0.1, 0.15) is 5.75 Å². The van der Waals surface area contributed by atoms with E-state index in [1.54, 1.807) is 25.3 Å². The van der Waals surface area contributed by atoms with Gasteiger partial charge in [-0.3, -0.25) is 4.79 Å². The van der Waals surface area contributed by atoms with Crippen molar-refractivity contribution in [1.82, 2.24) is 4.98 Å². The SMILES string of the molecule is COc1ccccc1NC(=O)C=Cc1ccc2ccccc2n1. The van der Waals surface area contributed by atoms with Crippen LogP contribution in [0.4, 0.5) is 5.69 Å². The molecule has 0 saturated heterocycles. The van der Waals surface area contributed by atoms with Gasteiger partial charge in [0, 0.05) is 11.5 Å². The summed E-state index contributed by atoms with van der Waals surface area (Å²) in [6, 6.07) is 19.0. The van der Waals surface area contributed by atoms with Crippen LogP contribution in [0, 0.1) is 0 Å². The number of anilines is 1. The van der Waals surface area contributed by atoms with Crippen molar-refractivity contribution >= 4 is 28.6 Å². The van der Waals surface area contributed by atoms with Gasteiger partial charge in [-0.25, -0.2) is 4.98 Å². The Hall–Kier alpha value is -3.14. The molecule has 0 aliphatic heterocycles. The number of aromatic nitrogens is 1. The number of carbonyl (C=O) groups is 1. The second-order valence-corrected chi connectivity index (χ2v) is 4.95. The number of fused-ring (bicyclic) bond motifs is 1. The van der Waals surface area contributed by atoms with E-state index in [0.29, 0.717) is 11.4 Å². The van der Waals surface area contributed by atoms with Crippen LogP contribution in [0.1, 0.15) is 5.69 Å². The minimum absolute atomic E-state index is 0.232. The highest BCUT2D eigenvalue weighted by Crippen LogP contribution is 2.22. The highest BCUT2D eigenvalue weighted by atomic mass is 16.5. The number of pyridine rings is 1. The molecule has 0 spiro atoms. The van der Waals surface area contributed by atoms with Gasteiger partial charge in [0.05, 0.1) is 24.0 Å². The summed E-state index contributed by atoms with van der Waals surface area (Å²) in [7, 11) is 1.57. The monoisotopic (exact) mass is 304 g/mol. The molecule has 1 aromatic heterocycles. The molecule has 4 nitrogen and oxygen atoms in total. The fraction of sp³-hybridized carbons (Fsp3) is 0.0526. The van der Waals surface area contributed by atoms with Gasteiger partial charge >= 0.3 is 0 Å². The van der Waals surface area contributed by atoms with Crippen LogP contribution in [0.25, 0.3) is 17.0 Å². The molecule has 0 radical (unpaired) electrons. The van der Waals surface area contributed by atoms with Crippen molar-refractivity contribution in [3.8, 4) is 5.75 Å². The molecule has 1 amide bonds. The molecule has 1 N–H and O–H groups in total. The topological polar surface area (TPSA) is 51.2 Å². The predicted molar refractivity (Wildman–Crippen MR) is 92.4 cm³/mol. The summed E-state index contributed by atoms with van der Waals surface area (Å²) in [5.41, 5.74) is 2.27. The Morgan fingerprint density at radius 3 is 2.70 bits per heavy atom. The first-order valence-corrected chi connectivity index (χ1v) is 7.24. The average Bonchev–Trinajstić information content (AvgIpc) is 2.60. The Kier molecular flexibility index (Phi) is 4.34. The van der Waals surface area contributed by atoms with E-state index in [9.17, 15) is 4.79 Å². The maximum Gasteiger partial charge on any atom is 0.248 e. The zero-order chi connectivity index (χ0) is 16.1. The van der Waals surface area contributed by atoms with Crippen molar-refractivity contribution in [2.45, 2.75) is 0 Å². The fourth-order valence-electron chi connectivity index (χ4n) is 2.26. The number of nitrogens with zero attached hydrogens (tertiary/aromatic N) is 1. The number of carbonyl (C=O) groups excluding carboxylic acids is 1. The maximum absolute atomic E-state index is 12.0. The quantitative estimate of drug-likeness (QED) is 0.744. The largest absolute Gasteiger partial charge is 0.495 e. The average molecular weight is 304 g/mol. The van der Waals surface area contributed by atoms with E-state index >= 15 is 0 Å². The number of benzene rings is 2. The van der Waals surface area contributed by atoms with E-state index in [1.165, 1.54) is 6.08 Å². The highest BCUT2D eigenvalue weighted by molar-refractivity contribution is 6.02. The van der Waals surface area contributed by atoms with Crippen molar-refractivity contribution < 1.29 is 9.53 Å². The van der Waals surface area contributed by atoms with Crippen LogP contribution in [0.15, 0.2) is 66.7 Å². The van der Waals surface area contributed by atoms with Crippen molar-refractivity contribution in [2.24, 2.45) is 0 Å². The van der Waals surface area contributed by atoms with E-state index in [0.717, 1.165) is 16.6 Å². The lowest BCUT2D eigenvalue weighted by atomic mass is 10.2. The van der Waals surface area contributed by atoms with Gasteiger partial charge in [-0.1, -0.05) is 36.4 Å². The number of ether oxygens (including phenoxy) is 1. The Morgan fingerprint density at radius 1 is 1.04 bits per heavy atom. The van der Waals surface area contributed by atoms with E-state index in [-0.39, 0.29) is 5.91 Å². The molecule has 2 aromatic carbocycles.